The van der Waals surface area contributed by atoms with Crippen molar-refractivity contribution in [2.45, 2.75) is 20.8 Å². The molecule has 134 valence electrons. The van der Waals surface area contributed by atoms with Crippen LogP contribution in [0, 0.1) is 32.1 Å². The molecule has 1 heterocycles. The number of amides is 1. The van der Waals surface area contributed by atoms with E-state index in [4.69, 9.17) is 5.26 Å². The topological polar surface area (TPSA) is 77.8 Å². The Morgan fingerprint density at radius 1 is 1.04 bits per heavy atom. The Kier molecular flexibility index (Phi) is 5.18. The molecule has 0 fully saturated rings. The fourth-order valence-corrected chi connectivity index (χ4v) is 3.02. The van der Waals surface area contributed by atoms with Gasteiger partial charge in [0.1, 0.15) is 5.82 Å². The molecule has 0 aliphatic rings. The lowest BCUT2D eigenvalue weighted by Crippen LogP contribution is -2.12. The smallest absolute Gasteiger partial charge is 0.255 e. The number of nitrogens with zero attached hydrogens (tertiary/aromatic N) is 2. The van der Waals surface area contributed by atoms with Crippen LogP contribution in [0.15, 0.2) is 54.7 Å². The molecule has 1 amide bonds. The zero-order valence-corrected chi connectivity index (χ0v) is 15.5. The first-order valence-electron chi connectivity index (χ1n) is 8.58. The molecule has 1 aromatic heterocycles. The maximum Gasteiger partial charge on any atom is 0.255 e. The summed E-state index contributed by atoms with van der Waals surface area (Å²) in [4.78, 5) is 16.9. The molecule has 27 heavy (non-hydrogen) atoms. The molecule has 2 N–H and O–H groups in total. The van der Waals surface area contributed by atoms with Gasteiger partial charge in [-0.15, -0.1) is 0 Å². The van der Waals surface area contributed by atoms with E-state index in [1.165, 1.54) is 5.56 Å². The van der Waals surface area contributed by atoms with Gasteiger partial charge in [-0.1, -0.05) is 23.8 Å². The fraction of sp³-hybridized carbons (Fsp3) is 0.136. The Hall–Kier alpha value is -3.65. The summed E-state index contributed by atoms with van der Waals surface area (Å²) >= 11 is 0. The normalized spacial score (nSPS) is 10.1. The van der Waals surface area contributed by atoms with Crippen LogP contribution in [0.25, 0.3) is 0 Å². The van der Waals surface area contributed by atoms with E-state index in [1.807, 2.05) is 13.8 Å². The molecule has 0 saturated carbocycles. The summed E-state index contributed by atoms with van der Waals surface area (Å²) in [6, 6.07) is 16.4. The number of benzene rings is 2. The number of carbonyl (C=O) groups excluding carboxylic acids is 1. The molecular weight excluding hydrogens is 336 g/mol. The SMILES string of the molecule is Cc1cc(C)c(Nc2cc(C(=O)Nc3cccc(C#N)c3)ccn2)c(C)c1. The average molecular weight is 356 g/mol. The number of aryl methyl sites for hydroxylation is 3. The van der Waals surface area contributed by atoms with Crippen LogP contribution in [0.3, 0.4) is 0 Å². The van der Waals surface area contributed by atoms with Crippen molar-refractivity contribution in [1.82, 2.24) is 4.98 Å². The number of aromatic nitrogens is 1. The van der Waals surface area contributed by atoms with Gasteiger partial charge in [-0.05, 0) is 62.2 Å². The van der Waals surface area contributed by atoms with Crippen molar-refractivity contribution in [3.8, 4) is 6.07 Å². The van der Waals surface area contributed by atoms with E-state index < -0.39 is 0 Å². The van der Waals surface area contributed by atoms with Crippen molar-refractivity contribution in [1.29, 1.82) is 5.26 Å². The molecule has 0 aliphatic carbocycles. The lowest BCUT2D eigenvalue weighted by molar-refractivity contribution is 0.102. The van der Waals surface area contributed by atoms with Crippen LogP contribution in [0.4, 0.5) is 17.2 Å². The largest absolute Gasteiger partial charge is 0.340 e. The van der Waals surface area contributed by atoms with Crippen molar-refractivity contribution in [2.24, 2.45) is 0 Å². The molecule has 3 rings (SSSR count). The van der Waals surface area contributed by atoms with Gasteiger partial charge in [-0.25, -0.2) is 4.98 Å². The van der Waals surface area contributed by atoms with Crippen LogP contribution in [0.2, 0.25) is 0 Å². The highest BCUT2D eigenvalue weighted by Gasteiger charge is 2.10. The third-order valence-electron chi connectivity index (χ3n) is 4.20. The summed E-state index contributed by atoms with van der Waals surface area (Å²) < 4.78 is 0. The van der Waals surface area contributed by atoms with Gasteiger partial charge < -0.3 is 10.6 Å². The van der Waals surface area contributed by atoms with Crippen LogP contribution in [0.1, 0.15) is 32.6 Å². The van der Waals surface area contributed by atoms with E-state index in [0.29, 0.717) is 22.6 Å². The molecule has 0 unspecified atom stereocenters. The van der Waals surface area contributed by atoms with Crippen LogP contribution in [-0.4, -0.2) is 10.9 Å². The van der Waals surface area contributed by atoms with Gasteiger partial charge in [0, 0.05) is 23.1 Å². The number of carbonyl (C=O) groups is 1. The second-order valence-corrected chi connectivity index (χ2v) is 6.48. The molecule has 0 bridgehead atoms. The fourth-order valence-electron chi connectivity index (χ4n) is 3.02. The monoisotopic (exact) mass is 356 g/mol. The second-order valence-electron chi connectivity index (χ2n) is 6.48. The van der Waals surface area contributed by atoms with E-state index in [0.717, 1.165) is 16.8 Å². The summed E-state index contributed by atoms with van der Waals surface area (Å²) in [6.07, 6.45) is 1.60. The highest BCUT2D eigenvalue weighted by atomic mass is 16.1. The van der Waals surface area contributed by atoms with Crippen LogP contribution in [-0.2, 0) is 0 Å². The maximum absolute atomic E-state index is 12.5. The van der Waals surface area contributed by atoms with Crippen molar-refractivity contribution in [2.75, 3.05) is 10.6 Å². The Bertz CT molecular complexity index is 1030. The molecule has 0 radical (unpaired) electrons. The van der Waals surface area contributed by atoms with Gasteiger partial charge in [0.2, 0.25) is 0 Å². The molecule has 0 spiro atoms. The summed E-state index contributed by atoms with van der Waals surface area (Å²) in [5.74, 6) is 0.344. The summed E-state index contributed by atoms with van der Waals surface area (Å²) in [5.41, 5.74) is 6.00. The predicted octanol–water partition coefficient (Wildman–Crippen LogP) is 4.87. The molecule has 2 aromatic carbocycles. The molecule has 5 heteroatoms. The van der Waals surface area contributed by atoms with Crippen molar-refractivity contribution >= 4 is 23.1 Å². The van der Waals surface area contributed by atoms with Crippen molar-refractivity contribution in [3.05, 3.63) is 82.5 Å². The standard InChI is InChI=1S/C22H20N4O/c1-14-9-15(2)21(16(3)10-14)26-20-12-18(7-8-24-20)22(27)25-19-6-4-5-17(11-19)13-23/h4-12H,1-3H3,(H,24,26)(H,25,27). The summed E-state index contributed by atoms with van der Waals surface area (Å²) in [6.45, 7) is 6.15. The third kappa shape index (κ3) is 4.31. The molecule has 0 atom stereocenters. The van der Waals surface area contributed by atoms with E-state index in [2.05, 4.69) is 40.7 Å². The molecule has 0 saturated heterocycles. The van der Waals surface area contributed by atoms with Gasteiger partial charge in [0.05, 0.1) is 11.6 Å². The number of anilines is 3. The van der Waals surface area contributed by atoms with Crippen LogP contribution < -0.4 is 10.6 Å². The number of rotatable bonds is 4. The first-order chi connectivity index (χ1) is 13.0. The zero-order chi connectivity index (χ0) is 19.4. The minimum absolute atomic E-state index is 0.257. The first kappa shape index (κ1) is 18.2. The summed E-state index contributed by atoms with van der Waals surface area (Å²) in [7, 11) is 0. The van der Waals surface area contributed by atoms with Crippen molar-refractivity contribution in [3.63, 3.8) is 0 Å². The molecule has 0 aliphatic heterocycles. The lowest BCUT2D eigenvalue weighted by Gasteiger charge is -2.14. The highest BCUT2D eigenvalue weighted by Crippen LogP contribution is 2.25. The van der Waals surface area contributed by atoms with E-state index in [-0.39, 0.29) is 5.91 Å². The molecular formula is C22H20N4O. The lowest BCUT2D eigenvalue weighted by atomic mass is 10.1. The number of nitrogens with one attached hydrogen (secondary N) is 2. The summed E-state index contributed by atoms with van der Waals surface area (Å²) in [5, 5.41) is 15.1. The first-order valence-corrected chi connectivity index (χ1v) is 8.58. The van der Waals surface area contributed by atoms with Gasteiger partial charge in [-0.2, -0.15) is 5.26 Å². The third-order valence-corrected chi connectivity index (χ3v) is 4.20. The van der Waals surface area contributed by atoms with Crippen LogP contribution >= 0.6 is 0 Å². The maximum atomic E-state index is 12.5. The number of nitriles is 1. The quantitative estimate of drug-likeness (QED) is 0.699. The van der Waals surface area contributed by atoms with Gasteiger partial charge in [0.15, 0.2) is 0 Å². The average Bonchev–Trinajstić information content (AvgIpc) is 2.65. The Morgan fingerprint density at radius 3 is 2.48 bits per heavy atom. The minimum atomic E-state index is -0.257. The zero-order valence-electron chi connectivity index (χ0n) is 15.5. The van der Waals surface area contributed by atoms with Gasteiger partial charge in [0.25, 0.3) is 5.91 Å². The number of hydrogen-bond acceptors (Lipinski definition) is 4. The van der Waals surface area contributed by atoms with E-state index in [1.54, 1.807) is 42.6 Å². The van der Waals surface area contributed by atoms with E-state index >= 15 is 0 Å². The Morgan fingerprint density at radius 2 is 1.78 bits per heavy atom. The predicted molar refractivity (Wildman–Crippen MR) is 107 cm³/mol. The van der Waals surface area contributed by atoms with Crippen LogP contribution in [0.5, 0.6) is 0 Å². The number of hydrogen-bond donors (Lipinski definition) is 2. The van der Waals surface area contributed by atoms with E-state index in [9.17, 15) is 4.79 Å². The Labute approximate surface area is 158 Å². The second kappa shape index (κ2) is 7.71. The molecule has 5 nitrogen and oxygen atoms in total. The highest BCUT2D eigenvalue weighted by molar-refractivity contribution is 6.04. The van der Waals surface area contributed by atoms with Gasteiger partial charge in [-0.3, -0.25) is 4.79 Å². The van der Waals surface area contributed by atoms with Gasteiger partial charge >= 0.3 is 0 Å². The molecule has 3 aromatic rings. The minimum Gasteiger partial charge on any atom is -0.340 e. The Balaban J connectivity index is 1.81. The van der Waals surface area contributed by atoms with Crippen molar-refractivity contribution < 1.29 is 4.79 Å². The number of pyridine rings is 1.